The van der Waals surface area contributed by atoms with Crippen LogP contribution >= 0.6 is 11.3 Å². The first-order valence-corrected chi connectivity index (χ1v) is 6.91. The van der Waals surface area contributed by atoms with Crippen LogP contribution in [-0.2, 0) is 7.05 Å². The first-order valence-electron chi connectivity index (χ1n) is 6.09. The Morgan fingerprint density at radius 1 is 1.45 bits per heavy atom. The minimum absolute atomic E-state index is 0.138. The zero-order valence-corrected chi connectivity index (χ0v) is 12.7. The van der Waals surface area contributed by atoms with Gasteiger partial charge >= 0.3 is 0 Å². The van der Waals surface area contributed by atoms with Gasteiger partial charge in [-0.2, -0.15) is 5.10 Å². The lowest BCUT2D eigenvalue weighted by Crippen LogP contribution is -2.25. The van der Waals surface area contributed by atoms with Crippen molar-refractivity contribution in [3.63, 3.8) is 0 Å². The summed E-state index contributed by atoms with van der Waals surface area (Å²) < 4.78 is 1.61. The first kappa shape index (κ1) is 14.3. The molecule has 0 bridgehead atoms. The van der Waals surface area contributed by atoms with Crippen LogP contribution in [0.15, 0.2) is 12.4 Å². The molecule has 8 heteroatoms. The maximum absolute atomic E-state index is 12.1. The highest BCUT2D eigenvalue weighted by Crippen LogP contribution is 2.27. The van der Waals surface area contributed by atoms with E-state index in [1.165, 1.54) is 11.3 Å². The van der Waals surface area contributed by atoms with Crippen molar-refractivity contribution in [1.29, 1.82) is 0 Å². The van der Waals surface area contributed by atoms with Crippen molar-refractivity contribution >= 4 is 33.9 Å². The van der Waals surface area contributed by atoms with Crippen molar-refractivity contribution in [2.45, 2.75) is 26.3 Å². The van der Waals surface area contributed by atoms with Crippen molar-refractivity contribution in [2.75, 3.05) is 16.4 Å². The van der Waals surface area contributed by atoms with Crippen molar-refractivity contribution in [2.24, 2.45) is 7.05 Å². The Morgan fingerprint density at radius 2 is 2.15 bits per heavy atom. The second kappa shape index (κ2) is 5.12. The molecule has 1 amide bonds. The number of thiazole rings is 1. The quantitative estimate of drug-likeness (QED) is 0.803. The number of nitrogens with one attached hydrogen (secondary N) is 2. The molecule has 4 N–H and O–H groups in total. The van der Waals surface area contributed by atoms with E-state index >= 15 is 0 Å². The summed E-state index contributed by atoms with van der Waals surface area (Å²) in [4.78, 5) is 16.7. The van der Waals surface area contributed by atoms with Gasteiger partial charge in [0.15, 0.2) is 5.13 Å². The molecule has 0 unspecified atom stereocenters. The van der Waals surface area contributed by atoms with E-state index in [9.17, 15) is 4.79 Å². The average Bonchev–Trinajstić information content (AvgIpc) is 2.83. The molecule has 0 aliphatic carbocycles. The minimum atomic E-state index is -0.282. The summed E-state index contributed by atoms with van der Waals surface area (Å²) in [6.07, 6.45) is 3.28. The zero-order chi connectivity index (χ0) is 14.9. The summed E-state index contributed by atoms with van der Waals surface area (Å²) in [5.74, 6) is -0.0573. The molecule has 0 atom stereocenters. The van der Waals surface area contributed by atoms with E-state index in [1.807, 2.05) is 20.8 Å². The fourth-order valence-electron chi connectivity index (χ4n) is 1.54. The fourth-order valence-corrected chi connectivity index (χ4v) is 2.53. The molecule has 7 nitrogen and oxygen atoms in total. The van der Waals surface area contributed by atoms with Gasteiger partial charge in [-0.05, 0) is 20.8 Å². The van der Waals surface area contributed by atoms with Gasteiger partial charge in [-0.1, -0.05) is 11.3 Å². The number of carbonyl (C=O) groups is 1. The molecule has 0 saturated heterocycles. The summed E-state index contributed by atoms with van der Waals surface area (Å²) in [7, 11) is 1.78. The van der Waals surface area contributed by atoms with Crippen LogP contribution in [-0.4, -0.2) is 26.2 Å². The molecule has 2 aromatic rings. The molecular formula is C12H18N6OS. The Bertz CT molecular complexity index is 624. The fraction of sp³-hybridized carbons (Fsp3) is 0.417. The Balaban J connectivity index is 2.14. The number of amides is 1. The number of aromatic nitrogens is 3. The summed E-state index contributed by atoms with van der Waals surface area (Å²) in [5.41, 5.74) is 6.28. The van der Waals surface area contributed by atoms with Gasteiger partial charge in [-0.3, -0.25) is 9.48 Å². The van der Waals surface area contributed by atoms with Crippen molar-refractivity contribution in [3.8, 4) is 0 Å². The monoisotopic (exact) mass is 294 g/mol. The number of aryl methyl sites for hydroxylation is 1. The van der Waals surface area contributed by atoms with Crippen LogP contribution in [0, 0.1) is 0 Å². The largest absolute Gasteiger partial charge is 0.382 e. The SMILES string of the molecule is Cn1cc(NC(=O)c2sc(NC(C)(C)C)nc2N)cn1. The van der Waals surface area contributed by atoms with Crippen LogP contribution < -0.4 is 16.4 Å². The maximum Gasteiger partial charge on any atom is 0.269 e. The van der Waals surface area contributed by atoms with Crippen LogP contribution in [0.5, 0.6) is 0 Å². The number of carbonyl (C=O) groups excluding carboxylic acids is 1. The Morgan fingerprint density at radius 3 is 2.70 bits per heavy atom. The van der Waals surface area contributed by atoms with E-state index in [0.717, 1.165) is 0 Å². The molecule has 0 fully saturated rings. The number of rotatable bonds is 3. The first-order chi connectivity index (χ1) is 9.24. The number of hydrogen-bond donors (Lipinski definition) is 3. The standard InChI is InChI=1S/C12H18N6OS/c1-12(2,3)17-11-16-9(13)8(20-11)10(19)15-7-5-14-18(4)6-7/h5-6H,13H2,1-4H3,(H,15,19)(H,16,17). The molecule has 0 saturated carbocycles. The van der Waals surface area contributed by atoms with E-state index in [4.69, 9.17) is 5.73 Å². The zero-order valence-electron chi connectivity index (χ0n) is 11.9. The lowest BCUT2D eigenvalue weighted by atomic mass is 10.1. The molecule has 2 heterocycles. The third-order valence-electron chi connectivity index (χ3n) is 2.30. The normalized spacial score (nSPS) is 11.4. The second-order valence-corrected chi connectivity index (χ2v) is 6.46. The van der Waals surface area contributed by atoms with Gasteiger partial charge in [0.25, 0.3) is 5.91 Å². The minimum Gasteiger partial charge on any atom is -0.382 e. The Hall–Kier alpha value is -2.09. The lowest BCUT2D eigenvalue weighted by Gasteiger charge is -2.19. The molecule has 20 heavy (non-hydrogen) atoms. The highest BCUT2D eigenvalue weighted by atomic mass is 32.1. The second-order valence-electron chi connectivity index (χ2n) is 5.47. The van der Waals surface area contributed by atoms with Crippen LogP contribution in [0.4, 0.5) is 16.6 Å². The van der Waals surface area contributed by atoms with Gasteiger partial charge < -0.3 is 16.4 Å². The van der Waals surface area contributed by atoms with Crippen LogP contribution in [0.1, 0.15) is 30.4 Å². The molecule has 2 aromatic heterocycles. The van der Waals surface area contributed by atoms with Crippen molar-refractivity contribution in [3.05, 3.63) is 17.3 Å². The third-order valence-corrected chi connectivity index (χ3v) is 3.29. The molecular weight excluding hydrogens is 276 g/mol. The number of hydrogen-bond acceptors (Lipinski definition) is 6. The third kappa shape index (κ3) is 3.47. The van der Waals surface area contributed by atoms with E-state index < -0.39 is 0 Å². The van der Waals surface area contributed by atoms with Gasteiger partial charge in [0, 0.05) is 18.8 Å². The summed E-state index contributed by atoms with van der Waals surface area (Å²) in [6, 6.07) is 0. The number of nitrogens with two attached hydrogens (primary N) is 1. The Labute approximate surface area is 121 Å². The van der Waals surface area contributed by atoms with E-state index in [-0.39, 0.29) is 17.3 Å². The molecule has 0 aliphatic rings. The van der Waals surface area contributed by atoms with E-state index in [2.05, 4.69) is 20.7 Å². The van der Waals surface area contributed by atoms with Crippen LogP contribution in [0.2, 0.25) is 0 Å². The van der Waals surface area contributed by atoms with Gasteiger partial charge in [-0.25, -0.2) is 4.98 Å². The van der Waals surface area contributed by atoms with Crippen molar-refractivity contribution in [1.82, 2.24) is 14.8 Å². The van der Waals surface area contributed by atoms with Crippen LogP contribution in [0.25, 0.3) is 0 Å². The summed E-state index contributed by atoms with van der Waals surface area (Å²) >= 11 is 1.23. The van der Waals surface area contributed by atoms with E-state index in [0.29, 0.717) is 15.7 Å². The van der Waals surface area contributed by atoms with Gasteiger partial charge in [0.2, 0.25) is 0 Å². The molecule has 108 valence electrons. The highest BCUT2D eigenvalue weighted by Gasteiger charge is 2.19. The van der Waals surface area contributed by atoms with Gasteiger partial charge in [0.1, 0.15) is 10.7 Å². The highest BCUT2D eigenvalue weighted by molar-refractivity contribution is 7.18. The summed E-state index contributed by atoms with van der Waals surface area (Å²) in [6.45, 7) is 6.04. The number of nitrogen functional groups attached to an aromatic ring is 1. The molecule has 2 rings (SSSR count). The molecule has 0 aliphatic heterocycles. The smallest absolute Gasteiger partial charge is 0.269 e. The molecule has 0 aromatic carbocycles. The number of anilines is 3. The van der Waals surface area contributed by atoms with Crippen LogP contribution in [0.3, 0.4) is 0 Å². The number of nitrogens with zero attached hydrogens (tertiary/aromatic N) is 3. The predicted molar refractivity (Wildman–Crippen MR) is 81.1 cm³/mol. The topological polar surface area (TPSA) is 97.9 Å². The molecule has 0 spiro atoms. The molecule has 0 radical (unpaired) electrons. The Kier molecular flexibility index (Phi) is 3.67. The van der Waals surface area contributed by atoms with Crippen molar-refractivity contribution < 1.29 is 4.79 Å². The van der Waals surface area contributed by atoms with E-state index in [1.54, 1.807) is 24.1 Å². The predicted octanol–water partition coefficient (Wildman–Crippen LogP) is 1.92. The maximum atomic E-state index is 12.1. The average molecular weight is 294 g/mol. The van der Waals surface area contributed by atoms with Gasteiger partial charge in [-0.15, -0.1) is 0 Å². The summed E-state index contributed by atoms with van der Waals surface area (Å²) in [5, 5.41) is 10.5. The lowest BCUT2D eigenvalue weighted by molar-refractivity contribution is 0.103. The van der Waals surface area contributed by atoms with Gasteiger partial charge in [0.05, 0.1) is 11.9 Å².